The van der Waals surface area contributed by atoms with Crippen molar-refractivity contribution in [3.05, 3.63) is 28.2 Å². The largest absolute Gasteiger partial charge is 0.326 e. The molecular weight excluding hydrogens is 304 g/mol. The van der Waals surface area contributed by atoms with Crippen LogP contribution in [0.15, 0.2) is 22.7 Å². The maximum absolute atomic E-state index is 12.0. The number of amides is 1. The van der Waals surface area contributed by atoms with Crippen molar-refractivity contribution in [1.82, 2.24) is 5.32 Å². The Balaban J connectivity index is 1.80. The van der Waals surface area contributed by atoms with Gasteiger partial charge in [-0.15, -0.1) is 0 Å². The number of piperidine rings is 1. The number of anilines is 1. The molecule has 1 heterocycles. The third kappa shape index (κ3) is 4.62. The van der Waals surface area contributed by atoms with Gasteiger partial charge in [-0.05, 0) is 69.0 Å². The van der Waals surface area contributed by atoms with Crippen LogP contribution < -0.4 is 10.6 Å². The van der Waals surface area contributed by atoms with Crippen molar-refractivity contribution in [2.45, 2.75) is 32.6 Å². The fourth-order valence-corrected chi connectivity index (χ4v) is 2.96. The summed E-state index contributed by atoms with van der Waals surface area (Å²) in [6, 6.07) is 5.92. The van der Waals surface area contributed by atoms with Gasteiger partial charge in [-0.1, -0.05) is 15.9 Å². The lowest BCUT2D eigenvalue weighted by Gasteiger charge is -2.22. The minimum absolute atomic E-state index is 0.129. The van der Waals surface area contributed by atoms with E-state index in [2.05, 4.69) is 26.6 Å². The van der Waals surface area contributed by atoms with E-state index in [4.69, 9.17) is 0 Å². The van der Waals surface area contributed by atoms with Crippen molar-refractivity contribution in [3.63, 3.8) is 0 Å². The minimum Gasteiger partial charge on any atom is -0.326 e. The molecule has 2 N–H and O–H groups in total. The first-order chi connectivity index (χ1) is 9.15. The Kier molecular flexibility index (Phi) is 5.40. The third-order valence-electron chi connectivity index (χ3n) is 3.70. The molecule has 0 spiro atoms. The molecule has 0 saturated carbocycles. The number of nitrogens with one attached hydrogen (secondary N) is 2. The van der Waals surface area contributed by atoms with E-state index in [9.17, 15) is 4.79 Å². The van der Waals surface area contributed by atoms with E-state index < -0.39 is 0 Å². The number of carbonyl (C=O) groups is 1. The van der Waals surface area contributed by atoms with Crippen LogP contribution in [0.1, 0.15) is 31.2 Å². The highest BCUT2D eigenvalue weighted by molar-refractivity contribution is 9.10. The molecule has 1 aliphatic heterocycles. The molecular formula is C15H21BrN2O. The smallest absolute Gasteiger partial charge is 0.224 e. The highest BCUT2D eigenvalue weighted by Gasteiger charge is 2.14. The van der Waals surface area contributed by atoms with E-state index in [-0.39, 0.29) is 5.91 Å². The summed E-state index contributed by atoms with van der Waals surface area (Å²) >= 11 is 3.43. The summed E-state index contributed by atoms with van der Waals surface area (Å²) in [4.78, 5) is 12.0. The second-order valence-electron chi connectivity index (χ2n) is 5.24. The monoisotopic (exact) mass is 324 g/mol. The van der Waals surface area contributed by atoms with Gasteiger partial charge < -0.3 is 10.6 Å². The van der Waals surface area contributed by atoms with Crippen molar-refractivity contribution >= 4 is 27.5 Å². The normalized spacial score (nSPS) is 16.3. The summed E-state index contributed by atoms with van der Waals surface area (Å²) in [7, 11) is 0. The Morgan fingerprint density at radius 1 is 1.42 bits per heavy atom. The van der Waals surface area contributed by atoms with Gasteiger partial charge in [0.25, 0.3) is 0 Å². The second-order valence-corrected chi connectivity index (χ2v) is 6.16. The first-order valence-corrected chi connectivity index (χ1v) is 7.71. The summed E-state index contributed by atoms with van der Waals surface area (Å²) in [6.07, 6.45) is 4.03. The van der Waals surface area contributed by atoms with Gasteiger partial charge in [0.2, 0.25) is 5.91 Å². The topological polar surface area (TPSA) is 41.1 Å². The highest BCUT2D eigenvalue weighted by atomic mass is 79.9. The number of carbonyl (C=O) groups excluding carboxylic acids is 1. The third-order valence-corrected chi connectivity index (χ3v) is 4.19. The van der Waals surface area contributed by atoms with Gasteiger partial charge in [0.05, 0.1) is 0 Å². The predicted octanol–water partition coefficient (Wildman–Crippen LogP) is 3.48. The number of aryl methyl sites for hydroxylation is 1. The lowest BCUT2D eigenvalue weighted by Crippen LogP contribution is -2.28. The van der Waals surface area contributed by atoms with Gasteiger partial charge in [-0.3, -0.25) is 4.79 Å². The summed E-state index contributed by atoms with van der Waals surface area (Å²) in [6.45, 7) is 4.20. The van der Waals surface area contributed by atoms with E-state index in [1.165, 1.54) is 12.8 Å². The van der Waals surface area contributed by atoms with Crippen molar-refractivity contribution in [2.75, 3.05) is 18.4 Å². The standard InChI is InChI=1S/C15H21BrN2O/c1-11-10-13(16)3-4-14(11)18-15(19)5-2-12-6-8-17-9-7-12/h3-4,10,12,17H,2,5-9H2,1H3,(H,18,19). The number of benzene rings is 1. The Bertz CT molecular complexity index is 442. The second kappa shape index (κ2) is 7.06. The Morgan fingerprint density at radius 3 is 2.84 bits per heavy atom. The van der Waals surface area contributed by atoms with Gasteiger partial charge in [0.1, 0.15) is 0 Å². The lowest BCUT2D eigenvalue weighted by atomic mass is 9.93. The van der Waals surface area contributed by atoms with E-state index in [0.717, 1.165) is 35.2 Å². The van der Waals surface area contributed by atoms with E-state index in [1.54, 1.807) is 0 Å². The van der Waals surface area contributed by atoms with Gasteiger partial charge in [0.15, 0.2) is 0 Å². The predicted molar refractivity (Wildman–Crippen MR) is 82.3 cm³/mol. The fourth-order valence-electron chi connectivity index (χ4n) is 2.49. The van der Waals surface area contributed by atoms with Crippen LogP contribution in [-0.4, -0.2) is 19.0 Å². The van der Waals surface area contributed by atoms with Crippen LogP contribution in [0.2, 0.25) is 0 Å². The van der Waals surface area contributed by atoms with Crippen LogP contribution in [0, 0.1) is 12.8 Å². The first-order valence-electron chi connectivity index (χ1n) is 6.92. The molecule has 1 aliphatic rings. The SMILES string of the molecule is Cc1cc(Br)ccc1NC(=O)CCC1CCNCC1. The zero-order valence-corrected chi connectivity index (χ0v) is 12.9. The van der Waals surface area contributed by atoms with Crippen molar-refractivity contribution in [2.24, 2.45) is 5.92 Å². The molecule has 0 unspecified atom stereocenters. The summed E-state index contributed by atoms with van der Waals surface area (Å²) in [5.41, 5.74) is 2.00. The summed E-state index contributed by atoms with van der Waals surface area (Å²) < 4.78 is 1.04. The van der Waals surface area contributed by atoms with E-state index in [1.807, 2.05) is 25.1 Å². The lowest BCUT2D eigenvalue weighted by molar-refractivity contribution is -0.116. The molecule has 2 rings (SSSR count). The highest BCUT2D eigenvalue weighted by Crippen LogP contribution is 2.21. The minimum atomic E-state index is 0.129. The number of hydrogen-bond acceptors (Lipinski definition) is 2. The van der Waals surface area contributed by atoms with Crippen LogP contribution >= 0.6 is 15.9 Å². The average molecular weight is 325 g/mol. The first kappa shape index (κ1) is 14.5. The van der Waals surface area contributed by atoms with E-state index >= 15 is 0 Å². The number of rotatable bonds is 4. The average Bonchev–Trinajstić information content (AvgIpc) is 2.41. The fraction of sp³-hybridized carbons (Fsp3) is 0.533. The molecule has 0 aromatic heterocycles. The van der Waals surface area contributed by atoms with Gasteiger partial charge in [-0.2, -0.15) is 0 Å². The van der Waals surface area contributed by atoms with Crippen LogP contribution in [0.25, 0.3) is 0 Å². The Hall–Kier alpha value is -0.870. The van der Waals surface area contributed by atoms with E-state index in [0.29, 0.717) is 12.3 Å². The molecule has 0 radical (unpaired) electrons. The molecule has 1 aromatic rings. The zero-order valence-electron chi connectivity index (χ0n) is 11.3. The maximum atomic E-state index is 12.0. The summed E-state index contributed by atoms with van der Waals surface area (Å²) in [5.74, 6) is 0.835. The molecule has 1 aromatic carbocycles. The molecule has 1 amide bonds. The van der Waals surface area contributed by atoms with Crippen LogP contribution in [-0.2, 0) is 4.79 Å². The summed E-state index contributed by atoms with van der Waals surface area (Å²) in [5, 5.41) is 6.35. The van der Waals surface area contributed by atoms with Crippen molar-refractivity contribution in [1.29, 1.82) is 0 Å². The zero-order chi connectivity index (χ0) is 13.7. The number of hydrogen-bond donors (Lipinski definition) is 2. The van der Waals surface area contributed by atoms with Gasteiger partial charge >= 0.3 is 0 Å². The number of halogens is 1. The molecule has 0 bridgehead atoms. The molecule has 19 heavy (non-hydrogen) atoms. The molecule has 0 aliphatic carbocycles. The van der Waals surface area contributed by atoms with Crippen molar-refractivity contribution in [3.8, 4) is 0 Å². The van der Waals surface area contributed by atoms with Crippen LogP contribution in [0.3, 0.4) is 0 Å². The Morgan fingerprint density at radius 2 is 2.16 bits per heavy atom. The van der Waals surface area contributed by atoms with Crippen LogP contribution in [0.4, 0.5) is 5.69 Å². The quantitative estimate of drug-likeness (QED) is 0.890. The molecule has 1 fully saturated rings. The molecule has 104 valence electrons. The molecule has 1 saturated heterocycles. The molecule has 4 heteroatoms. The van der Waals surface area contributed by atoms with Gasteiger partial charge in [-0.25, -0.2) is 0 Å². The van der Waals surface area contributed by atoms with Gasteiger partial charge in [0, 0.05) is 16.6 Å². The molecule has 0 atom stereocenters. The van der Waals surface area contributed by atoms with Crippen molar-refractivity contribution < 1.29 is 4.79 Å². The Labute approximate surface area is 123 Å². The molecule has 3 nitrogen and oxygen atoms in total. The maximum Gasteiger partial charge on any atom is 0.224 e. The van der Waals surface area contributed by atoms with Crippen LogP contribution in [0.5, 0.6) is 0 Å².